The van der Waals surface area contributed by atoms with Crippen LogP contribution < -0.4 is 10.0 Å². The highest BCUT2D eigenvalue weighted by atomic mass is 32.2. The molecule has 8 nitrogen and oxygen atoms in total. The number of benzene rings is 3. The van der Waals surface area contributed by atoms with Gasteiger partial charge in [-0.15, -0.1) is 0 Å². The van der Waals surface area contributed by atoms with Crippen molar-refractivity contribution in [1.29, 1.82) is 0 Å². The highest BCUT2D eigenvalue weighted by Gasteiger charge is 2.33. The van der Waals surface area contributed by atoms with E-state index in [9.17, 15) is 18.0 Å². The van der Waals surface area contributed by atoms with Crippen LogP contribution in [-0.4, -0.2) is 51.1 Å². The van der Waals surface area contributed by atoms with E-state index in [0.29, 0.717) is 48.1 Å². The number of sulfonamides is 1. The van der Waals surface area contributed by atoms with Gasteiger partial charge in [-0.3, -0.25) is 4.79 Å². The third-order valence-electron chi connectivity index (χ3n) is 6.55. The van der Waals surface area contributed by atoms with E-state index in [1.807, 2.05) is 32.0 Å². The molecule has 3 aromatic rings. The molecular formula is C27H31N3O5S. The molecule has 0 spiro atoms. The molecule has 1 fully saturated rings. The number of amides is 2. The Hall–Kier alpha value is -3.43. The lowest BCUT2D eigenvalue weighted by molar-refractivity contribution is 0.0846. The number of ether oxygens (including phenoxy) is 1. The first-order valence-corrected chi connectivity index (χ1v) is 13.5. The summed E-state index contributed by atoms with van der Waals surface area (Å²) >= 11 is 0. The van der Waals surface area contributed by atoms with Crippen LogP contribution in [0.5, 0.6) is 0 Å². The lowest BCUT2D eigenvalue weighted by Crippen LogP contribution is -2.51. The molecule has 2 N–H and O–H groups in total. The Balaban J connectivity index is 1.57. The van der Waals surface area contributed by atoms with Crippen molar-refractivity contribution in [1.82, 2.24) is 9.62 Å². The molecule has 0 aromatic heterocycles. The Morgan fingerprint density at radius 3 is 2.42 bits per heavy atom. The summed E-state index contributed by atoms with van der Waals surface area (Å²) in [7, 11) is -3.87. The number of hydrogen-bond donors (Lipinski definition) is 2. The van der Waals surface area contributed by atoms with Gasteiger partial charge in [-0.1, -0.05) is 49.4 Å². The molecule has 1 aliphatic rings. The van der Waals surface area contributed by atoms with E-state index in [2.05, 4.69) is 10.0 Å². The zero-order chi connectivity index (χ0) is 25.9. The highest BCUT2D eigenvalue weighted by Crippen LogP contribution is 2.31. The SMILES string of the molecule is CCOC(=O)N1CC[C@H](NS(=O)(=O)c2ccc(NC(=O)c3ccccc3C)c3ccccc23)[C@H](C)C1. The molecule has 190 valence electrons. The van der Waals surface area contributed by atoms with Crippen LogP contribution in [0.1, 0.15) is 36.2 Å². The predicted molar refractivity (Wildman–Crippen MR) is 140 cm³/mol. The Morgan fingerprint density at radius 1 is 1.03 bits per heavy atom. The summed E-state index contributed by atoms with van der Waals surface area (Å²) < 4.78 is 34.9. The number of likely N-dealkylation sites (tertiary alicyclic amines) is 1. The number of fused-ring (bicyclic) bond motifs is 1. The molecule has 0 unspecified atom stereocenters. The Kier molecular flexibility index (Phi) is 7.61. The second-order valence-electron chi connectivity index (χ2n) is 9.06. The lowest BCUT2D eigenvalue weighted by atomic mass is 9.95. The normalized spacial score (nSPS) is 18.1. The molecule has 0 bridgehead atoms. The summed E-state index contributed by atoms with van der Waals surface area (Å²) in [5.74, 6) is -0.342. The fraction of sp³-hybridized carbons (Fsp3) is 0.333. The molecule has 3 aromatic carbocycles. The van der Waals surface area contributed by atoms with Crippen molar-refractivity contribution in [3.8, 4) is 0 Å². The molecule has 0 saturated carbocycles. The van der Waals surface area contributed by atoms with Gasteiger partial charge in [0.25, 0.3) is 5.91 Å². The average molecular weight is 510 g/mol. The van der Waals surface area contributed by atoms with E-state index in [4.69, 9.17) is 4.74 Å². The molecule has 0 radical (unpaired) electrons. The molecule has 1 aliphatic heterocycles. The largest absolute Gasteiger partial charge is 0.450 e. The molecule has 2 amide bonds. The summed E-state index contributed by atoms with van der Waals surface area (Å²) in [6.07, 6.45) is 0.113. The van der Waals surface area contributed by atoms with Gasteiger partial charge < -0.3 is 15.0 Å². The molecule has 0 aliphatic carbocycles. The zero-order valence-corrected chi connectivity index (χ0v) is 21.5. The zero-order valence-electron chi connectivity index (χ0n) is 20.7. The summed E-state index contributed by atoms with van der Waals surface area (Å²) in [5, 5.41) is 4.08. The van der Waals surface area contributed by atoms with E-state index < -0.39 is 10.0 Å². The molecule has 1 saturated heterocycles. The van der Waals surface area contributed by atoms with Crippen LogP contribution in [0.3, 0.4) is 0 Å². The second-order valence-corrected chi connectivity index (χ2v) is 10.7. The van der Waals surface area contributed by atoms with Gasteiger partial charge in [-0.25, -0.2) is 17.9 Å². The van der Waals surface area contributed by atoms with Crippen molar-refractivity contribution in [3.05, 3.63) is 71.8 Å². The number of carbonyl (C=O) groups is 2. The number of hydrogen-bond acceptors (Lipinski definition) is 5. The van der Waals surface area contributed by atoms with Crippen molar-refractivity contribution < 1.29 is 22.7 Å². The summed E-state index contributed by atoms with van der Waals surface area (Å²) in [5.41, 5.74) is 1.95. The first-order chi connectivity index (χ1) is 17.2. The first-order valence-electron chi connectivity index (χ1n) is 12.0. The second kappa shape index (κ2) is 10.7. The van der Waals surface area contributed by atoms with Gasteiger partial charge in [0.2, 0.25) is 10.0 Å². The van der Waals surface area contributed by atoms with Crippen LogP contribution in [0.25, 0.3) is 10.8 Å². The molecular weight excluding hydrogens is 478 g/mol. The quantitative estimate of drug-likeness (QED) is 0.507. The topological polar surface area (TPSA) is 105 Å². The Bertz CT molecular complexity index is 1390. The van der Waals surface area contributed by atoms with Gasteiger partial charge in [-0.05, 0) is 49.9 Å². The number of piperidine rings is 1. The number of anilines is 1. The minimum atomic E-state index is -3.87. The summed E-state index contributed by atoms with van der Waals surface area (Å²) in [6, 6.07) is 17.2. The lowest BCUT2D eigenvalue weighted by Gasteiger charge is -2.36. The van der Waals surface area contributed by atoms with Crippen molar-refractivity contribution in [2.24, 2.45) is 5.92 Å². The van der Waals surface area contributed by atoms with E-state index in [-0.39, 0.29) is 28.9 Å². The van der Waals surface area contributed by atoms with Crippen LogP contribution in [0.15, 0.2) is 65.6 Å². The molecule has 2 atom stereocenters. The van der Waals surface area contributed by atoms with E-state index in [0.717, 1.165) is 5.56 Å². The van der Waals surface area contributed by atoms with Crippen LogP contribution >= 0.6 is 0 Å². The number of aryl methyl sites for hydroxylation is 1. The third-order valence-corrected chi connectivity index (χ3v) is 8.10. The summed E-state index contributed by atoms with van der Waals surface area (Å²) in [4.78, 5) is 26.7. The van der Waals surface area contributed by atoms with Crippen LogP contribution in [0.4, 0.5) is 10.5 Å². The van der Waals surface area contributed by atoms with Gasteiger partial charge >= 0.3 is 6.09 Å². The van der Waals surface area contributed by atoms with Crippen molar-refractivity contribution in [2.45, 2.75) is 38.1 Å². The van der Waals surface area contributed by atoms with Crippen molar-refractivity contribution in [2.75, 3.05) is 25.0 Å². The third kappa shape index (κ3) is 5.37. The number of nitrogens with one attached hydrogen (secondary N) is 2. The minimum Gasteiger partial charge on any atom is -0.450 e. The van der Waals surface area contributed by atoms with Crippen LogP contribution in [0.2, 0.25) is 0 Å². The van der Waals surface area contributed by atoms with Gasteiger partial charge in [0.05, 0.1) is 11.5 Å². The van der Waals surface area contributed by atoms with Crippen molar-refractivity contribution >= 4 is 38.5 Å². The van der Waals surface area contributed by atoms with E-state index in [1.165, 1.54) is 6.07 Å². The molecule has 9 heteroatoms. The van der Waals surface area contributed by atoms with Gasteiger partial charge in [0.15, 0.2) is 0 Å². The number of nitrogens with zero attached hydrogens (tertiary/aromatic N) is 1. The number of carbonyl (C=O) groups excluding carboxylic acids is 2. The Morgan fingerprint density at radius 2 is 1.72 bits per heavy atom. The maximum atomic E-state index is 13.5. The Labute approximate surface area is 211 Å². The maximum absolute atomic E-state index is 13.5. The maximum Gasteiger partial charge on any atom is 0.409 e. The molecule has 36 heavy (non-hydrogen) atoms. The van der Waals surface area contributed by atoms with Crippen molar-refractivity contribution in [3.63, 3.8) is 0 Å². The van der Waals surface area contributed by atoms with Gasteiger partial charge in [0.1, 0.15) is 0 Å². The van der Waals surface area contributed by atoms with Crippen LogP contribution in [0, 0.1) is 12.8 Å². The smallest absolute Gasteiger partial charge is 0.409 e. The summed E-state index contributed by atoms with van der Waals surface area (Å²) in [6.45, 7) is 6.67. The standard InChI is InChI=1S/C27H31N3O5S/c1-4-35-27(32)30-16-15-23(19(3)17-30)29-36(33,34)25-14-13-24(21-11-7-8-12-22(21)25)28-26(31)20-10-6-5-9-18(20)2/h5-14,19,23,29H,4,15-17H2,1-3H3,(H,28,31)/t19-,23+/m1/s1. The van der Waals surface area contributed by atoms with E-state index in [1.54, 1.807) is 48.2 Å². The highest BCUT2D eigenvalue weighted by molar-refractivity contribution is 7.89. The first kappa shape index (κ1) is 25.7. The molecule has 4 rings (SSSR count). The predicted octanol–water partition coefficient (Wildman–Crippen LogP) is 4.55. The number of rotatable bonds is 6. The van der Waals surface area contributed by atoms with Crippen LogP contribution in [-0.2, 0) is 14.8 Å². The average Bonchev–Trinajstić information content (AvgIpc) is 2.85. The van der Waals surface area contributed by atoms with E-state index >= 15 is 0 Å². The minimum absolute atomic E-state index is 0.0862. The fourth-order valence-corrected chi connectivity index (χ4v) is 6.19. The monoisotopic (exact) mass is 509 g/mol. The van der Waals surface area contributed by atoms with Gasteiger partial charge in [0, 0.05) is 41.2 Å². The van der Waals surface area contributed by atoms with Gasteiger partial charge in [-0.2, -0.15) is 0 Å². The molecule has 1 heterocycles. The fourth-order valence-electron chi connectivity index (χ4n) is 4.60.